The zero-order chi connectivity index (χ0) is 12.8. The van der Waals surface area contributed by atoms with Crippen molar-refractivity contribution in [1.82, 2.24) is 10.3 Å². The van der Waals surface area contributed by atoms with Crippen molar-refractivity contribution in [2.75, 3.05) is 7.11 Å². The van der Waals surface area contributed by atoms with Gasteiger partial charge in [-0.15, -0.1) is 0 Å². The number of carbonyl (C=O) groups excluding carboxylic acids is 1. The van der Waals surface area contributed by atoms with Gasteiger partial charge in [-0.1, -0.05) is 19.9 Å². The Hall–Kier alpha value is -1.62. The summed E-state index contributed by atoms with van der Waals surface area (Å²) in [6.45, 7) is 4.19. The van der Waals surface area contributed by atoms with Crippen LogP contribution in [0.25, 0.3) is 0 Å². The molecule has 5 nitrogen and oxygen atoms in total. The quantitative estimate of drug-likeness (QED) is 0.790. The lowest BCUT2D eigenvalue weighted by atomic mass is 10.1. The average Bonchev–Trinajstić information content (AvgIpc) is 2.35. The van der Waals surface area contributed by atoms with Crippen LogP contribution in [-0.2, 0) is 11.3 Å². The van der Waals surface area contributed by atoms with Crippen LogP contribution >= 0.6 is 0 Å². The minimum atomic E-state index is -0.488. The van der Waals surface area contributed by atoms with Gasteiger partial charge in [-0.25, -0.2) is 4.98 Å². The molecule has 0 radical (unpaired) electrons. The Kier molecular flexibility index (Phi) is 4.90. The van der Waals surface area contributed by atoms with E-state index in [9.17, 15) is 4.79 Å². The largest absolute Gasteiger partial charge is 0.481 e. The first-order valence-electron chi connectivity index (χ1n) is 5.57. The maximum atomic E-state index is 11.7. The Labute approximate surface area is 101 Å². The summed E-state index contributed by atoms with van der Waals surface area (Å²) in [5.41, 5.74) is 6.57. The number of pyridine rings is 1. The number of hydrogen-bond acceptors (Lipinski definition) is 4. The van der Waals surface area contributed by atoms with Gasteiger partial charge in [0.25, 0.3) is 0 Å². The minimum Gasteiger partial charge on any atom is -0.481 e. The van der Waals surface area contributed by atoms with E-state index in [1.165, 1.54) is 0 Å². The van der Waals surface area contributed by atoms with E-state index in [0.29, 0.717) is 12.4 Å². The Bertz CT molecular complexity index is 380. The lowest BCUT2D eigenvalue weighted by Gasteiger charge is -2.15. The Morgan fingerprint density at radius 3 is 2.88 bits per heavy atom. The highest BCUT2D eigenvalue weighted by Gasteiger charge is 2.17. The van der Waals surface area contributed by atoms with Crippen molar-refractivity contribution >= 4 is 5.91 Å². The monoisotopic (exact) mass is 237 g/mol. The molecular weight excluding hydrogens is 218 g/mol. The number of hydrogen-bond donors (Lipinski definition) is 2. The lowest BCUT2D eigenvalue weighted by Crippen LogP contribution is -2.43. The lowest BCUT2D eigenvalue weighted by molar-refractivity contribution is -0.123. The minimum absolute atomic E-state index is 0.116. The molecule has 0 aliphatic carbocycles. The van der Waals surface area contributed by atoms with E-state index in [0.717, 1.165) is 5.56 Å². The smallest absolute Gasteiger partial charge is 0.237 e. The Morgan fingerprint density at radius 1 is 1.59 bits per heavy atom. The normalized spacial score (nSPS) is 12.3. The fourth-order valence-electron chi connectivity index (χ4n) is 1.35. The highest BCUT2D eigenvalue weighted by atomic mass is 16.5. The number of nitrogens with zero attached hydrogens (tertiary/aromatic N) is 1. The number of aromatic nitrogens is 1. The van der Waals surface area contributed by atoms with Gasteiger partial charge in [0, 0.05) is 18.3 Å². The summed E-state index contributed by atoms with van der Waals surface area (Å²) in [4.78, 5) is 15.7. The van der Waals surface area contributed by atoms with Gasteiger partial charge < -0.3 is 15.8 Å². The zero-order valence-corrected chi connectivity index (χ0v) is 10.4. The van der Waals surface area contributed by atoms with Crippen molar-refractivity contribution in [1.29, 1.82) is 0 Å². The molecule has 0 saturated heterocycles. The third-order valence-corrected chi connectivity index (χ3v) is 2.52. The molecular formula is C12H19N3O2. The zero-order valence-electron chi connectivity index (χ0n) is 10.4. The molecule has 5 heteroatoms. The van der Waals surface area contributed by atoms with E-state index in [2.05, 4.69) is 10.3 Å². The van der Waals surface area contributed by atoms with Crippen LogP contribution in [0, 0.1) is 5.92 Å². The third kappa shape index (κ3) is 3.71. The fraction of sp³-hybridized carbons (Fsp3) is 0.500. The van der Waals surface area contributed by atoms with E-state index in [4.69, 9.17) is 10.5 Å². The van der Waals surface area contributed by atoms with Gasteiger partial charge >= 0.3 is 0 Å². The summed E-state index contributed by atoms with van der Waals surface area (Å²) < 4.78 is 5.09. The van der Waals surface area contributed by atoms with Crippen LogP contribution < -0.4 is 15.8 Å². The Balaban J connectivity index is 2.58. The second kappa shape index (κ2) is 6.20. The molecule has 17 heavy (non-hydrogen) atoms. The molecule has 1 amide bonds. The van der Waals surface area contributed by atoms with Gasteiger partial charge in [-0.2, -0.15) is 0 Å². The molecule has 1 heterocycles. The van der Waals surface area contributed by atoms with Crippen LogP contribution in [0.15, 0.2) is 18.3 Å². The number of nitrogens with two attached hydrogens (primary N) is 1. The summed E-state index contributed by atoms with van der Waals surface area (Å²) in [6, 6.07) is 3.16. The molecule has 0 unspecified atom stereocenters. The summed E-state index contributed by atoms with van der Waals surface area (Å²) in [6.07, 6.45) is 1.64. The van der Waals surface area contributed by atoms with Gasteiger partial charge in [0.2, 0.25) is 11.8 Å². The maximum absolute atomic E-state index is 11.7. The molecule has 0 aliphatic rings. The van der Waals surface area contributed by atoms with Gasteiger partial charge in [0.1, 0.15) is 0 Å². The summed E-state index contributed by atoms with van der Waals surface area (Å²) in [5, 5.41) is 2.77. The van der Waals surface area contributed by atoms with Crippen molar-refractivity contribution in [3.8, 4) is 5.88 Å². The number of nitrogens with one attached hydrogen (secondary N) is 1. The standard InChI is InChI=1S/C12H19N3O2/c1-8(2)10(13)11(16)15-7-9-5-4-6-14-12(9)17-3/h4-6,8,10H,7,13H2,1-3H3,(H,15,16)/t10-/m0/s1. The molecule has 3 N–H and O–H groups in total. The van der Waals surface area contributed by atoms with Crippen LogP contribution in [0.3, 0.4) is 0 Å². The molecule has 0 spiro atoms. The molecule has 1 rings (SSSR count). The molecule has 1 atom stereocenters. The second-order valence-corrected chi connectivity index (χ2v) is 4.16. The number of methoxy groups -OCH3 is 1. The first-order chi connectivity index (χ1) is 8.06. The van der Waals surface area contributed by atoms with Crippen molar-refractivity contribution in [3.05, 3.63) is 23.9 Å². The van der Waals surface area contributed by atoms with E-state index >= 15 is 0 Å². The van der Waals surface area contributed by atoms with E-state index < -0.39 is 6.04 Å². The van der Waals surface area contributed by atoms with Gasteiger partial charge in [0.05, 0.1) is 13.2 Å². The maximum Gasteiger partial charge on any atom is 0.237 e. The number of carbonyl (C=O) groups is 1. The molecule has 0 saturated carbocycles. The number of rotatable bonds is 5. The molecule has 0 aromatic carbocycles. The molecule has 0 bridgehead atoms. The SMILES string of the molecule is COc1ncccc1CNC(=O)[C@@H](N)C(C)C. The third-order valence-electron chi connectivity index (χ3n) is 2.52. The average molecular weight is 237 g/mol. The van der Waals surface area contributed by atoms with Gasteiger partial charge in [-0.3, -0.25) is 4.79 Å². The first-order valence-corrected chi connectivity index (χ1v) is 5.57. The van der Waals surface area contributed by atoms with Crippen LogP contribution in [0.2, 0.25) is 0 Å². The van der Waals surface area contributed by atoms with Crippen molar-refractivity contribution in [3.63, 3.8) is 0 Å². The van der Waals surface area contributed by atoms with Crippen LogP contribution in [-0.4, -0.2) is 24.0 Å². The fourth-order valence-corrected chi connectivity index (χ4v) is 1.35. The topological polar surface area (TPSA) is 77.2 Å². The summed E-state index contributed by atoms with van der Waals surface area (Å²) >= 11 is 0. The van der Waals surface area contributed by atoms with Gasteiger partial charge in [-0.05, 0) is 12.0 Å². The van der Waals surface area contributed by atoms with Crippen LogP contribution in [0.5, 0.6) is 5.88 Å². The molecule has 0 fully saturated rings. The van der Waals surface area contributed by atoms with Crippen molar-refractivity contribution in [2.45, 2.75) is 26.4 Å². The Morgan fingerprint density at radius 2 is 2.29 bits per heavy atom. The predicted molar refractivity (Wildman–Crippen MR) is 65.4 cm³/mol. The molecule has 1 aromatic rings. The van der Waals surface area contributed by atoms with Gasteiger partial charge in [0.15, 0.2) is 0 Å². The predicted octanol–water partition coefficient (Wildman–Crippen LogP) is 0.690. The number of ether oxygens (including phenoxy) is 1. The highest BCUT2D eigenvalue weighted by molar-refractivity contribution is 5.81. The second-order valence-electron chi connectivity index (χ2n) is 4.16. The van der Waals surface area contributed by atoms with Crippen LogP contribution in [0.4, 0.5) is 0 Å². The summed E-state index contributed by atoms with van der Waals surface area (Å²) in [7, 11) is 1.55. The van der Waals surface area contributed by atoms with Crippen molar-refractivity contribution in [2.24, 2.45) is 11.7 Å². The van der Waals surface area contributed by atoms with E-state index in [-0.39, 0.29) is 11.8 Å². The van der Waals surface area contributed by atoms with Crippen LogP contribution in [0.1, 0.15) is 19.4 Å². The first kappa shape index (κ1) is 13.4. The number of amides is 1. The highest BCUT2D eigenvalue weighted by Crippen LogP contribution is 2.12. The molecule has 0 aliphatic heterocycles. The van der Waals surface area contributed by atoms with E-state index in [1.807, 2.05) is 19.9 Å². The summed E-state index contributed by atoms with van der Waals surface area (Å²) in [5.74, 6) is 0.475. The molecule has 94 valence electrons. The van der Waals surface area contributed by atoms with Crippen molar-refractivity contribution < 1.29 is 9.53 Å². The van der Waals surface area contributed by atoms with E-state index in [1.54, 1.807) is 19.4 Å². The molecule has 1 aromatic heterocycles.